The van der Waals surface area contributed by atoms with Crippen molar-refractivity contribution < 1.29 is 4.79 Å². The second kappa shape index (κ2) is 8.48. The molecule has 128 valence electrons. The normalized spacial score (nSPS) is 10.7. The van der Waals surface area contributed by atoms with Gasteiger partial charge in [-0.25, -0.2) is 4.98 Å². The molecule has 0 aliphatic carbocycles. The number of amides is 1. The van der Waals surface area contributed by atoms with E-state index in [0.29, 0.717) is 17.4 Å². The van der Waals surface area contributed by atoms with Crippen LogP contribution in [-0.4, -0.2) is 27.8 Å². The molecule has 6 heteroatoms. The molecule has 2 aromatic carbocycles. The van der Waals surface area contributed by atoms with Crippen LogP contribution < -0.4 is 10.9 Å². The highest BCUT2D eigenvalue weighted by atomic mass is 32.2. The van der Waals surface area contributed by atoms with Crippen LogP contribution in [0, 0.1) is 0 Å². The number of para-hydroxylation sites is 1. The number of nitrogens with one attached hydrogen (secondary N) is 1. The second-order valence-electron chi connectivity index (χ2n) is 5.56. The van der Waals surface area contributed by atoms with E-state index in [4.69, 9.17) is 0 Å². The molecule has 5 nitrogen and oxygen atoms in total. The molecule has 0 aliphatic rings. The number of fused-ring (bicyclic) bond motifs is 1. The summed E-state index contributed by atoms with van der Waals surface area (Å²) in [6.07, 6.45) is 2.30. The van der Waals surface area contributed by atoms with Crippen molar-refractivity contribution >= 4 is 28.6 Å². The van der Waals surface area contributed by atoms with E-state index in [1.807, 2.05) is 24.3 Å². The predicted molar refractivity (Wildman–Crippen MR) is 101 cm³/mol. The highest BCUT2D eigenvalue weighted by Crippen LogP contribution is 2.17. The van der Waals surface area contributed by atoms with Crippen LogP contribution >= 0.6 is 11.8 Å². The Bertz CT molecular complexity index is 909. The Labute approximate surface area is 150 Å². The van der Waals surface area contributed by atoms with Crippen LogP contribution in [-0.2, 0) is 11.3 Å². The molecule has 0 atom stereocenters. The molecular formula is C19H19N3O2S. The Balaban J connectivity index is 1.46. The lowest BCUT2D eigenvalue weighted by Gasteiger charge is -2.08. The molecule has 0 saturated carbocycles. The van der Waals surface area contributed by atoms with Gasteiger partial charge in [0.1, 0.15) is 6.54 Å². The minimum Gasteiger partial charge on any atom is -0.355 e. The highest BCUT2D eigenvalue weighted by Gasteiger charge is 2.07. The van der Waals surface area contributed by atoms with Gasteiger partial charge in [0.05, 0.1) is 17.2 Å². The molecule has 1 heterocycles. The zero-order valence-electron chi connectivity index (χ0n) is 13.7. The third-order valence-electron chi connectivity index (χ3n) is 3.70. The summed E-state index contributed by atoms with van der Waals surface area (Å²) >= 11 is 1.76. The quantitative estimate of drug-likeness (QED) is 0.524. The molecule has 25 heavy (non-hydrogen) atoms. The summed E-state index contributed by atoms with van der Waals surface area (Å²) < 4.78 is 1.34. The van der Waals surface area contributed by atoms with Gasteiger partial charge in [-0.3, -0.25) is 14.2 Å². The first-order valence-corrected chi connectivity index (χ1v) is 9.11. The van der Waals surface area contributed by atoms with Gasteiger partial charge >= 0.3 is 0 Å². The van der Waals surface area contributed by atoms with Gasteiger partial charge in [-0.1, -0.05) is 30.3 Å². The van der Waals surface area contributed by atoms with Gasteiger partial charge in [0, 0.05) is 11.4 Å². The summed E-state index contributed by atoms with van der Waals surface area (Å²) in [5, 5.41) is 3.38. The minimum atomic E-state index is -0.194. The number of rotatable bonds is 7. The Morgan fingerprint density at radius 1 is 1.08 bits per heavy atom. The lowest BCUT2D eigenvalue weighted by molar-refractivity contribution is -0.121. The molecule has 1 aromatic heterocycles. The van der Waals surface area contributed by atoms with Crippen LogP contribution in [0.1, 0.15) is 6.42 Å². The van der Waals surface area contributed by atoms with Gasteiger partial charge in [0.25, 0.3) is 5.56 Å². The fraction of sp³-hybridized carbons (Fsp3) is 0.211. The molecule has 1 amide bonds. The summed E-state index contributed by atoms with van der Waals surface area (Å²) in [5.41, 5.74) is 0.447. The van der Waals surface area contributed by atoms with Crippen molar-refractivity contribution in [1.82, 2.24) is 14.9 Å². The molecule has 3 rings (SSSR count). The number of hydrogen-bond acceptors (Lipinski definition) is 4. The van der Waals surface area contributed by atoms with Gasteiger partial charge in [0.15, 0.2) is 0 Å². The van der Waals surface area contributed by atoms with E-state index in [-0.39, 0.29) is 18.0 Å². The molecule has 0 radical (unpaired) electrons. The van der Waals surface area contributed by atoms with Gasteiger partial charge in [0.2, 0.25) is 5.91 Å². The van der Waals surface area contributed by atoms with E-state index in [2.05, 4.69) is 22.4 Å². The average molecular weight is 353 g/mol. The van der Waals surface area contributed by atoms with E-state index in [0.717, 1.165) is 12.2 Å². The zero-order valence-corrected chi connectivity index (χ0v) is 14.5. The van der Waals surface area contributed by atoms with E-state index < -0.39 is 0 Å². The summed E-state index contributed by atoms with van der Waals surface area (Å²) in [5.74, 6) is 0.755. The average Bonchev–Trinajstić information content (AvgIpc) is 2.65. The molecule has 0 bridgehead atoms. The Kier molecular flexibility index (Phi) is 5.85. The van der Waals surface area contributed by atoms with Gasteiger partial charge < -0.3 is 5.32 Å². The van der Waals surface area contributed by atoms with Crippen LogP contribution in [0.2, 0.25) is 0 Å². The van der Waals surface area contributed by atoms with E-state index in [1.54, 1.807) is 30.0 Å². The Morgan fingerprint density at radius 3 is 2.68 bits per heavy atom. The standard InChI is InChI=1S/C19H19N3O2S/c23-18(20-11-6-12-25-15-7-2-1-3-8-15)13-22-14-21-17-10-5-4-9-16(17)19(22)24/h1-5,7-10,14H,6,11-13H2,(H,20,23). The first-order valence-electron chi connectivity index (χ1n) is 8.13. The molecule has 0 unspecified atom stereocenters. The number of carbonyl (C=O) groups is 1. The maximum Gasteiger partial charge on any atom is 0.261 e. The lowest BCUT2D eigenvalue weighted by Crippen LogP contribution is -2.33. The topological polar surface area (TPSA) is 64.0 Å². The number of nitrogens with zero attached hydrogens (tertiary/aromatic N) is 2. The van der Waals surface area contributed by atoms with Crippen LogP contribution in [0.25, 0.3) is 10.9 Å². The first-order chi connectivity index (χ1) is 12.2. The highest BCUT2D eigenvalue weighted by molar-refractivity contribution is 7.99. The van der Waals surface area contributed by atoms with Gasteiger partial charge in [-0.2, -0.15) is 0 Å². The fourth-order valence-electron chi connectivity index (χ4n) is 2.44. The summed E-state index contributed by atoms with van der Waals surface area (Å²) in [7, 11) is 0. The van der Waals surface area contributed by atoms with Crippen molar-refractivity contribution in [3.8, 4) is 0 Å². The summed E-state index contributed by atoms with van der Waals surface area (Å²) in [6.45, 7) is 0.580. The minimum absolute atomic E-state index is 0.0114. The van der Waals surface area contributed by atoms with Crippen molar-refractivity contribution in [3.05, 3.63) is 71.3 Å². The maximum atomic E-state index is 12.3. The second-order valence-corrected chi connectivity index (χ2v) is 6.73. The molecule has 3 aromatic rings. The van der Waals surface area contributed by atoms with Crippen molar-refractivity contribution in [3.63, 3.8) is 0 Å². The maximum absolute atomic E-state index is 12.3. The Hall–Kier alpha value is -2.60. The largest absolute Gasteiger partial charge is 0.355 e. The van der Waals surface area contributed by atoms with Gasteiger partial charge in [-0.15, -0.1) is 11.8 Å². The fourth-order valence-corrected chi connectivity index (χ4v) is 3.31. The molecule has 0 saturated heterocycles. The predicted octanol–water partition coefficient (Wildman–Crippen LogP) is 2.70. The number of thioether (sulfide) groups is 1. The molecular weight excluding hydrogens is 334 g/mol. The van der Waals surface area contributed by atoms with E-state index in [1.165, 1.54) is 15.8 Å². The SMILES string of the molecule is O=C(Cn1cnc2ccccc2c1=O)NCCCSc1ccccc1. The van der Waals surface area contributed by atoms with Crippen molar-refractivity contribution in [2.45, 2.75) is 17.9 Å². The Morgan fingerprint density at radius 2 is 1.84 bits per heavy atom. The van der Waals surface area contributed by atoms with Crippen LogP contribution in [0.4, 0.5) is 0 Å². The lowest BCUT2D eigenvalue weighted by atomic mass is 10.2. The van der Waals surface area contributed by atoms with E-state index in [9.17, 15) is 9.59 Å². The van der Waals surface area contributed by atoms with Crippen LogP contribution in [0.5, 0.6) is 0 Å². The van der Waals surface area contributed by atoms with Crippen molar-refractivity contribution in [2.24, 2.45) is 0 Å². The number of hydrogen-bond donors (Lipinski definition) is 1. The molecule has 0 fully saturated rings. The monoisotopic (exact) mass is 353 g/mol. The van der Waals surface area contributed by atoms with Crippen molar-refractivity contribution in [1.29, 1.82) is 0 Å². The van der Waals surface area contributed by atoms with E-state index >= 15 is 0 Å². The number of aromatic nitrogens is 2. The van der Waals surface area contributed by atoms with Crippen LogP contribution in [0.15, 0.2) is 70.6 Å². The third-order valence-corrected chi connectivity index (χ3v) is 4.80. The van der Waals surface area contributed by atoms with Gasteiger partial charge in [-0.05, 0) is 36.4 Å². The van der Waals surface area contributed by atoms with Crippen molar-refractivity contribution in [2.75, 3.05) is 12.3 Å². The first kappa shape index (κ1) is 17.2. The zero-order chi connectivity index (χ0) is 17.5. The molecule has 0 spiro atoms. The number of carbonyl (C=O) groups excluding carboxylic acids is 1. The van der Waals surface area contributed by atoms with Crippen LogP contribution in [0.3, 0.4) is 0 Å². The number of benzene rings is 2. The summed E-state index contributed by atoms with van der Waals surface area (Å²) in [4.78, 5) is 29.8. The smallest absolute Gasteiger partial charge is 0.261 e. The molecule has 1 N–H and O–H groups in total. The third kappa shape index (κ3) is 4.70. The molecule has 0 aliphatic heterocycles. The summed E-state index contributed by atoms with van der Waals surface area (Å²) in [6, 6.07) is 17.3.